The van der Waals surface area contributed by atoms with Crippen LogP contribution in [0.1, 0.15) is 60.8 Å². The lowest BCUT2D eigenvalue weighted by atomic mass is 10.2. The van der Waals surface area contributed by atoms with Gasteiger partial charge < -0.3 is 14.8 Å². The average Bonchev–Trinajstić information content (AvgIpc) is 2.23. The molecule has 0 saturated carbocycles. The highest BCUT2D eigenvalue weighted by Gasteiger charge is 2.22. The Morgan fingerprint density at radius 1 is 1.21 bits per heavy atom. The molecule has 0 bridgehead atoms. The van der Waals surface area contributed by atoms with E-state index in [1.165, 1.54) is 0 Å². The van der Waals surface area contributed by atoms with E-state index in [-0.39, 0.29) is 6.10 Å². The number of carbonyl (C=O) groups excluding carboxylic acids is 2. The molecule has 0 aromatic carbocycles. The first-order valence-corrected chi connectivity index (χ1v) is 6.85. The molecule has 0 unspecified atom stereocenters. The average molecular weight is 273 g/mol. The number of amides is 1. The number of carbonyl (C=O) groups is 2. The molecule has 0 aliphatic carbocycles. The van der Waals surface area contributed by atoms with Crippen LogP contribution in [0.2, 0.25) is 0 Å². The Balaban J connectivity index is 4.09. The number of ether oxygens (including phenoxy) is 2. The first-order chi connectivity index (χ1) is 8.65. The Morgan fingerprint density at radius 2 is 1.79 bits per heavy atom. The highest BCUT2D eigenvalue weighted by Crippen LogP contribution is 2.08. The van der Waals surface area contributed by atoms with E-state index in [0.29, 0.717) is 0 Å². The van der Waals surface area contributed by atoms with Gasteiger partial charge in [-0.15, -0.1) is 0 Å². The SMILES string of the molecule is CCCC[C@H](C)OC(=O)[C@H](C)NC(=O)OC(C)(C)C. The van der Waals surface area contributed by atoms with E-state index in [4.69, 9.17) is 9.47 Å². The lowest BCUT2D eigenvalue weighted by Gasteiger charge is -2.22. The molecule has 0 aromatic heterocycles. The van der Waals surface area contributed by atoms with Crippen molar-refractivity contribution in [1.82, 2.24) is 5.32 Å². The van der Waals surface area contributed by atoms with Gasteiger partial charge in [0, 0.05) is 0 Å². The number of unbranched alkanes of at least 4 members (excludes halogenated alkanes) is 1. The molecule has 1 N–H and O–H groups in total. The zero-order valence-electron chi connectivity index (χ0n) is 12.9. The summed E-state index contributed by atoms with van der Waals surface area (Å²) in [5, 5.41) is 2.46. The first-order valence-electron chi connectivity index (χ1n) is 6.85. The van der Waals surface area contributed by atoms with Crippen LogP contribution in [0.3, 0.4) is 0 Å². The van der Waals surface area contributed by atoms with Gasteiger partial charge in [0.25, 0.3) is 0 Å². The predicted molar refractivity (Wildman–Crippen MR) is 73.9 cm³/mol. The van der Waals surface area contributed by atoms with Crippen molar-refractivity contribution in [2.24, 2.45) is 0 Å². The van der Waals surface area contributed by atoms with Crippen LogP contribution in [0, 0.1) is 0 Å². The largest absolute Gasteiger partial charge is 0.461 e. The van der Waals surface area contributed by atoms with Crippen molar-refractivity contribution in [3.05, 3.63) is 0 Å². The monoisotopic (exact) mass is 273 g/mol. The summed E-state index contributed by atoms with van der Waals surface area (Å²) in [7, 11) is 0. The summed E-state index contributed by atoms with van der Waals surface area (Å²) in [5.74, 6) is -0.436. The molecule has 0 saturated heterocycles. The molecule has 0 aliphatic heterocycles. The first kappa shape index (κ1) is 17.7. The zero-order valence-corrected chi connectivity index (χ0v) is 12.9. The van der Waals surface area contributed by atoms with Gasteiger partial charge in [0.05, 0.1) is 6.10 Å². The van der Waals surface area contributed by atoms with Gasteiger partial charge in [-0.1, -0.05) is 19.8 Å². The van der Waals surface area contributed by atoms with Crippen LogP contribution in [0.25, 0.3) is 0 Å². The van der Waals surface area contributed by atoms with Gasteiger partial charge in [-0.3, -0.25) is 0 Å². The summed E-state index contributed by atoms with van der Waals surface area (Å²) >= 11 is 0. The van der Waals surface area contributed by atoms with E-state index in [2.05, 4.69) is 12.2 Å². The third kappa shape index (κ3) is 9.33. The van der Waals surface area contributed by atoms with Crippen molar-refractivity contribution in [2.75, 3.05) is 0 Å². The van der Waals surface area contributed by atoms with Crippen molar-refractivity contribution in [1.29, 1.82) is 0 Å². The highest BCUT2D eigenvalue weighted by atomic mass is 16.6. The number of hydrogen-bond acceptors (Lipinski definition) is 4. The minimum absolute atomic E-state index is 0.129. The molecule has 0 fully saturated rings. The van der Waals surface area contributed by atoms with Crippen molar-refractivity contribution in [3.8, 4) is 0 Å². The molecule has 0 heterocycles. The normalized spacial score (nSPS) is 14.4. The van der Waals surface area contributed by atoms with Gasteiger partial charge in [-0.25, -0.2) is 9.59 Å². The second-order valence-electron chi connectivity index (χ2n) is 5.76. The van der Waals surface area contributed by atoms with Gasteiger partial charge in [0.1, 0.15) is 11.6 Å². The van der Waals surface area contributed by atoms with Crippen molar-refractivity contribution in [2.45, 2.75) is 78.6 Å². The van der Waals surface area contributed by atoms with Crippen LogP contribution in [0.4, 0.5) is 4.79 Å². The standard InChI is InChI=1S/C14H27NO4/c1-7-8-9-10(2)18-12(16)11(3)15-13(17)19-14(4,5)6/h10-11H,7-9H2,1-6H3,(H,15,17)/t10-,11-/m0/s1. The Bertz CT molecular complexity index is 296. The summed E-state index contributed by atoms with van der Waals surface area (Å²) in [5.41, 5.74) is -0.581. The number of hydrogen-bond donors (Lipinski definition) is 1. The summed E-state index contributed by atoms with van der Waals surface area (Å²) in [4.78, 5) is 23.2. The number of nitrogens with one attached hydrogen (secondary N) is 1. The lowest BCUT2D eigenvalue weighted by Crippen LogP contribution is -2.43. The fraction of sp³-hybridized carbons (Fsp3) is 0.857. The number of alkyl carbamates (subject to hydrolysis) is 1. The zero-order chi connectivity index (χ0) is 15.1. The van der Waals surface area contributed by atoms with Crippen molar-refractivity contribution >= 4 is 12.1 Å². The molecule has 1 amide bonds. The molecule has 0 aliphatic rings. The van der Waals surface area contributed by atoms with E-state index < -0.39 is 23.7 Å². The molecule has 2 atom stereocenters. The maximum absolute atomic E-state index is 11.7. The molecular formula is C14H27NO4. The van der Waals surface area contributed by atoms with Crippen LogP contribution < -0.4 is 5.32 Å². The minimum atomic E-state index is -0.709. The van der Waals surface area contributed by atoms with Gasteiger partial charge in [0.2, 0.25) is 0 Å². The molecule has 19 heavy (non-hydrogen) atoms. The maximum Gasteiger partial charge on any atom is 0.408 e. The van der Waals surface area contributed by atoms with Crippen molar-refractivity contribution < 1.29 is 19.1 Å². The van der Waals surface area contributed by atoms with E-state index in [1.54, 1.807) is 27.7 Å². The van der Waals surface area contributed by atoms with Crippen molar-refractivity contribution in [3.63, 3.8) is 0 Å². The molecule has 0 spiro atoms. The van der Waals surface area contributed by atoms with Crippen LogP contribution in [-0.4, -0.2) is 29.8 Å². The number of rotatable bonds is 6. The van der Waals surface area contributed by atoms with Crippen LogP contribution >= 0.6 is 0 Å². The highest BCUT2D eigenvalue weighted by molar-refractivity contribution is 5.81. The molecule has 5 heteroatoms. The van der Waals surface area contributed by atoms with E-state index >= 15 is 0 Å². The molecule has 0 aromatic rings. The van der Waals surface area contributed by atoms with E-state index in [0.717, 1.165) is 19.3 Å². The topological polar surface area (TPSA) is 64.6 Å². The molecule has 112 valence electrons. The molecule has 0 radical (unpaired) electrons. The Morgan fingerprint density at radius 3 is 2.26 bits per heavy atom. The summed E-state index contributed by atoms with van der Waals surface area (Å²) < 4.78 is 10.3. The van der Waals surface area contributed by atoms with Gasteiger partial charge in [0.15, 0.2) is 0 Å². The molecule has 5 nitrogen and oxygen atoms in total. The third-order valence-corrected chi connectivity index (χ3v) is 2.37. The molecular weight excluding hydrogens is 246 g/mol. The number of esters is 1. The maximum atomic E-state index is 11.7. The minimum Gasteiger partial charge on any atom is -0.461 e. The van der Waals surface area contributed by atoms with Gasteiger partial charge >= 0.3 is 12.1 Å². The van der Waals surface area contributed by atoms with Gasteiger partial charge in [-0.2, -0.15) is 0 Å². The Kier molecular flexibility index (Phi) is 7.49. The Hall–Kier alpha value is -1.26. The van der Waals surface area contributed by atoms with Crippen LogP contribution in [0.15, 0.2) is 0 Å². The van der Waals surface area contributed by atoms with Gasteiger partial charge in [-0.05, 0) is 41.0 Å². The van der Waals surface area contributed by atoms with E-state index in [9.17, 15) is 9.59 Å². The third-order valence-electron chi connectivity index (χ3n) is 2.37. The fourth-order valence-electron chi connectivity index (χ4n) is 1.39. The quantitative estimate of drug-likeness (QED) is 0.755. The smallest absolute Gasteiger partial charge is 0.408 e. The Labute approximate surface area is 116 Å². The predicted octanol–water partition coefficient (Wildman–Crippen LogP) is 3.02. The van der Waals surface area contributed by atoms with Crippen LogP contribution in [0.5, 0.6) is 0 Å². The summed E-state index contributed by atoms with van der Waals surface area (Å²) in [6.45, 7) is 10.8. The second-order valence-corrected chi connectivity index (χ2v) is 5.76. The van der Waals surface area contributed by atoms with Crippen LogP contribution in [-0.2, 0) is 14.3 Å². The second kappa shape index (κ2) is 8.02. The molecule has 0 rings (SSSR count). The lowest BCUT2D eigenvalue weighted by molar-refractivity contribution is -0.150. The van der Waals surface area contributed by atoms with E-state index in [1.807, 2.05) is 6.92 Å². The summed E-state index contributed by atoms with van der Waals surface area (Å²) in [6.07, 6.45) is 2.17. The summed E-state index contributed by atoms with van der Waals surface area (Å²) in [6, 6.07) is -0.709. The fourth-order valence-corrected chi connectivity index (χ4v) is 1.39.